The number of rotatable bonds is 4. The van der Waals surface area contributed by atoms with Crippen molar-refractivity contribution in [2.24, 2.45) is 0 Å². The Bertz CT molecular complexity index is 667. The Morgan fingerprint density at radius 1 is 0.727 bits per heavy atom. The van der Waals surface area contributed by atoms with Gasteiger partial charge in [-0.25, -0.2) is 9.97 Å². The van der Waals surface area contributed by atoms with Crippen LogP contribution >= 0.6 is 0 Å². The van der Waals surface area contributed by atoms with Gasteiger partial charge in [-0.15, -0.1) is 0 Å². The maximum Gasteiger partial charge on any atom is 0.140 e. The monoisotopic (exact) mass is 289 g/mol. The molecule has 1 aromatic heterocycles. The van der Waals surface area contributed by atoms with Crippen LogP contribution < -0.4 is 4.90 Å². The summed E-state index contributed by atoms with van der Waals surface area (Å²) in [6, 6.07) is 20.8. The van der Waals surface area contributed by atoms with Gasteiger partial charge >= 0.3 is 0 Å². The third-order valence-corrected chi connectivity index (χ3v) is 3.72. The van der Waals surface area contributed by atoms with Crippen molar-refractivity contribution in [1.29, 1.82) is 0 Å². The molecule has 3 aromatic rings. The van der Waals surface area contributed by atoms with Crippen LogP contribution in [0.1, 0.15) is 22.9 Å². The van der Waals surface area contributed by atoms with Gasteiger partial charge in [-0.2, -0.15) is 0 Å². The highest BCUT2D eigenvalue weighted by Gasteiger charge is 2.19. The van der Waals surface area contributed by atoms with Crippen molar-refractivity contribution in [3.63, 3.8) is 0 Å². The predicted molar refractivity (Wildman–Crippen MR) is 90.2 cm³/mol. The topological polar surface area (TPSA) is 29.0 Å². The Morgan fingerprint density at radius 2 is 1.32 bits per heavy atom. The SMILES string of the molecule is CN(C)c1ccc(C(c2ccccc2)c2ncccn2)cc1. The van der Waals surface area contributed by atoms with Crippen molar-refractivity contribution >= 4 is 5.69 Å². The zero-order chi connectivity index (χ0) is 15.4. The first-order valence-electron chi connectivity index (χ1n) is 7.35. The lowest BCUT2D eigenvalue weighted by atomic mass is 9.90. The van der Waals surface area contributed by atoms with Gasteiger partial charge in [0.05, 0.1) is 5.92 Å². The van der Waals surface area contributed by atoms with Crippen LogP contribution in [0.2, 0.25) is 0 Å². The zero-order valence-electron chi connectivity index (χ0n) is 12.8. The molecule has 22 heavy (non-hydrogen) atoms. The largest absolute Gasteiger partial charge is 0.378 e. The summed E-state index contributed by atoms with van der Waals surface area (Å²) in [4.78, 5) is 11.0. The van der Waals surface area contributed by atoms with Gasteiger partial charge in [-0.1, -0.05) is 42.5 Å². The van der Waals surface area contributed by atoms with Gasteiger partial charge in [0.15, 0.2) is 0 Å². The second-order valence-corrected chi connectivity index (χ2v) is 5.44. The first-order chi connectivity index (χ1) is 10.8. The first kappa shape index (κ1) is 14.3. The van der Waals surface area contributed by atoms with E-state index in [9.17, 15) is 0 Å². The van der Waals surface area contributed by atoms with Crippen molar-refractivity contribution in [1.82, 2.24) is 9.97 Å². The molecule has 0 fully saturated rings. The molecule has 110 valence electrons. The summed E-state index contributed by atoms with van der Waals surface area (Å²) in [6.07, 6.45) is 3.60. The normalized spacial score (nSPS) is 11.9. The highest BCUT2D eigenvalue weighted by molar-refractivity contribution is 5.49. The van der Waals surface area contributed by atoms with Gasteiger partial charge in [-0.05, 0) is 29.3 Å². The van der Waals surface area contributed by atoms with E-state index in [4.69, 9.17) is 0 Å². The third-order valence-electron chi connectivity index (χ3n) is 3.72. The highest BCUT2D eigenvalue weighted by Crippen LogP contribution is 2.30. The molecule has 2 aromatic carbocycles. The van der Waals surface area contributed by atoms with Crippen LogP contribution in [0, 0.1) is 0 Å². The smallest absolute Gasteiger partial charge is 0.140 e. The molecule has 0 radical (unpaired) electrons. The minimum absolute atomic E-state index is 0.0543. The maximum atomic E-state index is 4.47. The molecule has 0 bridgehead atoms. The molecule has 0 saturated carbocycles. The molecule has 0 N–H and O–H groups in total. The van der Waals surface area contributed by atoms with E-state index in [1.54, 1.807) is 12.4 Å². The summed E-state index contributed by atoms with van der Waals surface area (Å²) in [5, 5.41) is 0. The van der Waals surface area contributed by atoms with Crippen LogP contribution in [0.4, 0.5) is 5.69 Å². The second-order valence-electron chi connectivity index (χ2n) is 5.44. The lowest BCUT2D eigenvalue weighted by Gasteiger charge is -2.18. The molecule has 1 atom stereocenters. The van der Waals surface area contributed by atoms with Crippen LogP contribution in [0.15, 0.2) is 73.1 Å². The van der Waals surface area contributed by atoms with E-state index in [0.717, 1.165) is 5.82 Å². The van der Waals surface area contributed by atoms with Crippen LogP contribution in [0.3, 0.4) is 0 Å². The summed E-state index contributed by atoms with van der Waals surface area (Å²) < 4.78 is 0. The molecule has 3 heteroatoms. The summed E-state index contributed by atoms with van der Waals surface area (Å²) in [5.74, 6) is 0.880. The quantitative estimate of drug-likeness (QED) is 0.733. The van der Waals surface area contributed by atoms with Crippen LogP contribution in [-0.4, -0.2) is 24.1 Å². The van der Waals surface area contributed by atoms with E-state index < -0.39 is 0 Å². The van der Waals surface area contributed by atoms with Gasteiger partial charge in [0.1, 0.15) is 5.82 Å². The zero-order valence-corrected chi connectivity index (χ0v) is 12.8. The standard InChI is InChI=1S/C19H19N3/c1-22(2)17-11-9-16(10-12-17)18(15-7-4-3-5-8-15)19-20-13-6-14-21-19/h3-14,18H,1-2H3. The molecule has 0 spiro atoms. The molecule has 0 aliphatic heterocycles. The number of nitrogens with zero attached hydrogens (tertiary/aromatic N) is 3. The van der Waals surface area contributed by atoms with Gasteiger partial charge in [-0.3, -0.25) is 0 Å². The van der Waals surface area contributed by atoms with E-state index in [1.807, 2.05) is 26.2 Å². The summed E-state index contributed by atoms with van der Waals surface area (Å²) in [7, 11) is 4.09. The van der Waals surface area contributed by atoms with E-state index in [1.165, 1.54) is 16.8 Å². The minimum Gasteiger partial charge on any atom is -0.378 e. The van der Waals surface area contributed by atoms with E-state index in [2.05, 4.69) is 63.4 Å². The Balaban J connectivity index is 2.06. The number of hydrogen-bond donors (Lipinski definition) is 0. The average Bonchev–Trinajstić information content (AvgIpc) is 2.57. The van der Waals surface area contributed by atoms with Crippen molar-refractivity contribution < 1.29 is 0 Å². The van der Waals surface area contributed by atoms with Gasteiger partial charge in [0.25, 0.3) is 0 Å². The van der Waals surface area contributed by atoms with Crippen LogP contribution in [-0.2, 0) is 0 Å². The number of benzene rings is 2. The Hall–Kier alpha value is -2.68. The molecule has 0 aliphatic carbocycles. The molecule has 0 saturated heterocycles. The van der Waals surface area contributed by atoms with Crippen molar-refractivity contribution in [3.05, 3.63) is 90.0 Å². The van der Waals surface area contributed by atoms with E-state index >= 15 is 0 Å². The highest BCUT2D eigenvalue weighted by atomic mass is 15.1. The summed E-state index contributed by atoms with van der Waals surface area (Å²) in [6.45, 7) is 0. The Kier molecular flexibility index (Phi) is 4.15. The van der Waals surface area contributed by atoms with Crippen molar-refractivity contribution in [2.75, 3.05) is 19.0 Å². The van der Waals surface area contributed by atoms with Gasteiger partial charge in [0, 0.05) is 32.2 Å². The van der Waals surface area contributed by atoms with Crippen LogP contribution in [0.5, 0.6) is 0 Å². The van der Waals surface area contributed by atoms with Crippen molar-refractivity contribution in [3.8, 4) is 0 Å². The predicted octanol–water partition coefficient (Wildman–Crippen LogP) is 3.72. The lowest BCUT2D eigenvalue weighted by Crippen LogP contribution is -2.10. The molecule has 1 heterocycles. The molecule has 1 unspecified atom stereocenters. The van der Waals surface area contributed by atoms with E-state index in [0.29, 0.717) is 0 Å². The fourth-order valence-electron chi connectivity index (χ4n) is 2.56. The molecular weight excluding hydrogens is 270 g/mol. The Morgan fingerprint density at radius 3 is 1.91 bits per heavy atom. The fourth-order valence-corrected chi connectivity index (χ4v) is 2.56. The first-order valence-corrected chi connectivity index (χ1v) is 7.35. The lowest BCUT2D eigenvalue weighted by molar-refractivity contribution is 0.854. The summed E-state index contributed by atoms with van der Waals surface area (Å²) >= 11 is 0. The van der Waals surface area contributed by atoms with Gasteiger partial charge in [0.2, 0.25) is 0 Å². The minimum atomic E-state index is 0.0543. The number of hydrogen-bond acceptors (Lipinski definition) is 3. The molecular formula is C19H19N3. The number of aromatic nitrogens is 2. The molecule has 3 rings (SSSR count). The van der Waals surface area contributed by atoms with Crippen LogP contribution in [0.25, 0.3) is 0 Å². The van der Waals surface area contributed by atoms with Gasteiger partial charge < -0.3 is 4.90 Å². The molecule has 0 aliphatic rings. The Labute approximate surface area is 131 Å². The number of anilines is 1. The average molecular weight is 289 g/mol. The molecule has 0 amide bonds. The maximum absolute atomic E-state index is 4.47. The molecule has 3 nitrogen and oxygen atoms in total. The van der Waals surface area contributed by atoms with E-state index in [-0.39, 0.29) is 5.92 Å². The third kappa shape index (κ3) is 2.98. The van der Waals surface area contributed by atoms with Crippen molar-refractivity contribution in [2.45, 2.75) is 5.92 Å². The second kappa shape index (κ2) is 6.39. The summed E-state index contributed by atoms with van der Waals surface area (Å²) in [5.41, 5.74) is 3.58. The fraction of sp³-hybridized carbons (Fsp3) is 0.158.